The molecule has 1 saturated heterocycles. The molecule has 1 aliphatic rings. The topological polar surface area (TPSA) is 73.0 Å². The van der Waals surface area contributed by atoms with Gasteiger partial charge in [-0.15, -0.1) is 0 Å². The van der Waals surface area contributed by atoms with E-state index in [1.807, 2.05) is 31.3 Å². The highest BCUT2D eigenvalue weighted by atomic mass is 35.5. The highest BCUT2D eigenvalue weighted by molar-refractivity contribution is 8.13. The van der Waals surface area contributed by atoms with E-state index in [-0.39, 0.29) is 17.1 Å². The van der Waals surface area contributed by atoms with E-state index in [1.54, 1.807) is 16.7 Å². The zero-order chi connectivity index (χ0) is 22.8. The summed E-state index contributed by atoms with van der Waals surface area (Å²) in [6, 6.07) is 6.82. The Morgan fingerprint density at radius 2 is 1.77 bits per heavy atom. The van der Waals surface area contributed by atoms with Gasteiger partial charge in [0, 0.05) is 57.0 Å². The molecule has 0 unspecified atom stereocenters. The molecule has 0 spiro atoms. The van der Waals surface area contributed by atoms with E-state index < -0.39 is 6.04 Å². The summed E-state index contributed by atoms with van der Waals surface area (Å²) in [7, 11) is 2.04. The molecule has 0 bridgehead atoms. The summed E-state index contributed by atoms with van der Waals surface area (Å²) in [5.41, 5.74) is 1.15. The number of thioether (sulfide) groups is 1. The Hall–Kier alpha value is -1.77. The van der Waals surface area contributed by atoms with Crippen molar-refractivity contribution >= 4 is 40.4 Å². The first kappa shape index (κ1) is 25.5. The predicted molar refractivity (Wildman–Crippen MR) is 127 cm³/mol. The maximum atomic E-state index is 12.9. The lowest BCUT2D eigenvalue weighted by molar-refractivity contribution is -0.134. The summed E-state index contributed by atoms with van der Waals surface area (Å²) in [6.07, 6.45) is 1.59. The number of piperazine rings is 1. The van der Waals surface area contributed by atoms with Crippen LogP contribution in [0.3, 0.4) is 0 Å². The summed E-state index contributed by atoms with van der Waals surface area (Å²) < 4.78 is 0. The SMILES string of the molecule is CC(=O)SCCN(CCCc1ccc(Cl)cc1)C(=O)N[C@@H](C)C(=O)N1CCN(C)CC1. The molecule has 3 amide bonds. The molecule has 7 nitrogen and oxygen atoms in total. The number of amides is 3. The predicted octanol–water partition coefficient (Wildman–Crippen LogP) is 2.73. The Morgan fingerprint density at radius 1 is 1.13 bits per heavy atom. The van der Waals surface area contributed by atoms with Crippen molar-refractivity contribution in [3.63, 3.8) is 0 Å². The van der Waals surface area contributed by atoms with Crippen LogP contribution in [-0.2, 0) is 16.0 Å². The highest BCUT2D eigenvalue weighted by Gasteiger charge is 2.26. The molecule has 172 valence electrons. The third-order valence-electron chi connectivity index (χ3n) is 5.29. The van der Waals surface area contributed by atoms with Crippen LogP contribution in [0, 0.1) is 0 Å². The van der Waals surface area contributed by atoms with Gasteiger partial charge in [0.25, 0.3) is 0 Å². The summed E-state index contributed by atoms with van der Waals surface area (Å²) >= 11 is 7.13. The number of aryl methyl sites for hydroxylation is 1. The van der Waals surface area contributed by atoms with Gasteiger partial charge in [0.2, 0.25) is 5.91 Å². The highest BCUT2D eigenvalue weighted by Crippen LogP contribution is 2.12. The Morgan fingerprint density at radius 3 is 2.39 bits per heavy atom. The molecule has 1 fully saturated rings. The maximum Gasteiger partial charge on any atom is 0.318 e. The number of halogens is 1. The maximum absolute atomic E-state index is 12.9. The van der Waals surface area contributed by atoms with Gasteiger partial charge < -0.3 is 20.0 Å². The zero-order valence-corrected chi connectivity index (χ0v) is 20.2. The van der Waals surface area contributed by atoms with E-state index in [1.165, 1.54) is 18.7 Å². The van der Waals surface area contributed by atoms with Crippen molar-refractivity contribution in [1.29, 1.82) is 0 Å². The van der Waals surface area contributed by atoms with Gasteiger partial charge in [0.1, 0.15) is 6.04 Å². The zero-order valence-electron chi connectivity index (χ0n) is 18.6. The van der Waals surface area contributed by atoms with Gasteiger partial charge in [-0.1, -0.05) is 35.5 Å². The van der Waals surface area contributed by atoms with Gasteiger partial charge in [0.05, 0.1) is 0 Å². The smallest absolute Gasteiger partial charge is 0.318 e. The summed E-state index contributed by atoms with van der Waals surface area (Å²) in [5, 5.41) is 3.58. The largest absolute Gasteiger partial charge is 0.338 e. The van der Waals surface area contributed by atoms with Crippen LogP contribution in [0.1, 0.15) is 25.8 Å². The number of carbonyl (C=O) groups excluding carboxylic acids is 3. The van der Waals surface area contributed by atoms with Crippen molar-refractivity contribution in [2.75, 3.05) is 52.1 Å². The number of rotatable bonds is 9. The molecule has 0 aliphatic carbocycles. The minimum Gasteiger partial charge on any atom is -0.338 e. The average Bonchev–Trinajstić information content (AvgIpc) is 2.73. The van der Waals surface area contributed by atoms with Gasteiger partial charge in [-0.3, -0.25) is 9.59 Å². The Labute approximate surface area is 194 Å². The molecule has 1 aromatic rings. The fourth-order valence-corrected chi connectivity index (χ4v) is 4.10. The number of carbonyl (C=O) groups is 3. The normalized spacial score (nSPS) is 15.4. The lowest BCUT2D eigenvalue weighted by Gasteiger charge is -2.34. The summed E-state index contributed by atoms with van der Waals surface area (Å²) in [5.74, 6) is 0.477. The fourth-order valence-electron chi connectivity index (χ4n) is 3.38. The first-order valence-corrected chi connectivity index (χ1v) is 12.0. The van der Waals surface area contributed by atoms with Crippen molar-refractivity contribution in [2.45, 2.75) is 32.7 Å². The molecule has 0 saturated carbocycles. The number of benzene rings is 1. The van der Waals surface area contributed by atoms with Crippen molar-refractivity contribution in [2.24, 2.45) is 0 Å². The lowest BCUT2D eigenvalue weighted by atomic mass is 10.1. The lowest BCUT2D eigenvalue weighted by Crippen LogP contribution is -2.55. The first-order chi connectivity index (χ1) is 14.8. The molecule has 1 N–H and O–H groups in total. The van der Waals surface area contributed by atoms with Crippen LogP contribution in [0.4, 0.5) is 4.79 Å². The van der Waals surface area contributed by atoms with Crippen LogP contribution in [0.5, 0.6) is 0 Å². The number of likely N-dealkylation sites (N-methyl/N-ethyl adjacent to an activating group) is 1. The third-order valence-corrected chi connectivity index (χ3v) is 6.33. The quantitative estimate of drug-likeness (QED) is 0.603. The average molecular weight is 469 g/mol. The number of nitrogens with one attached hydrogen (secondary N) is 1. The van der Waals surface area contributed by atoms with Crippen LogP contribution >= 0.6 is 23.4 Å². The molecule has 2 rings (SSSR count). The monoisotopic (exact) mass is 468 g/mol. The van der Waals surface area contributed by atoms with Crippen molar-refractivity contribution in [3.05, 3.63) is 34.9 Å². The van der Waals surface area contributed by atoms with E-state index in [0.29, 0.717) is 37.0 Å². The van der Waals surface area contributed by atoms with Gasteiger partial charge >= 0.3 is 6.03 Å². The molecule has 0 radical (unpaired) electrons. The number of nitrogens with zero attached hydrogens (tertiary/aromatic N) is 3. The minimum absolute atomic E-state index is 0.0279. The van der Waals surface area contributed by atoms with Gasteiger partial charge in [-0.05, 0) is 44.5 Å². The van der Waals surface area contributed by atoms with Gasteiger partial charge in [-0.25, -0.2) is 4.79 Å². The molecule has 1 atom stereocenters. The minimum atomic E-state index is -0.588. The van der Waals surface area contributed by atoms with Crippen LogP contribution in [0.15, 0.2) is 24.3 Å². The molecule has 0 aromatic heterocycles. The molecule has 31 heavy (non-hydrogen) atoms. The molecule has 1 aromatic carbocycles. The molecular formula is C22H33ClN4O3S. The summed E-state index contributed by atoms with van der Waals surface area (Å²) in [6.45, 7) is 7.28. The van der Waals surface area contributed by atoms with E-state index in [0.717, 1.165) is 31.5 Å². The second-order valence-corrected chi connectivity index (χ2v) is 9.57. The van der Waals surface area contributed by atoms with E-state index in [4.69, 9.17) is 11.6 Å². The van der Waals surface area contributed by atoms with Crippen molar-refractivity contribution < 1.29 is 14.4 Å². The van der Waals surface area contributed by atoms with E-state index in [9.17, 15) is 14.4 Å². The van der Waals surface area contributed by atoms with Crippen molar-refractivity contribution in [1.82, 2.24) is 20.0 Å². The van der Waals surface area contributed by atoms with Crippen LogP contribution in [0.25, 0.3) is 0 Å². The number of urea groups is 1. The Kier molecular flexibility index (Phi) is 10.6. The third kappa shape index (κ3) is 9.09. The molecule has 1 aliphatic heterocycles. The van der Waals surface area contributed by atoms with Gasteiger partial charge in [-0.2, -0.15) is 0 Å². The van der Waals surface area contributed by atoms with Crippen LogP contribution in [-0.4, -0.2) is 89.9 Å². The van der Waals surface area contributed by atoms with Gasteiger partial charge in [0.15, 0.2) is 5.12 Å². The van der Waals surface area contributed by atoms with Crippen LogP contribution in [0.2, 0.25) is 5.02 Å². The number of hydrogen-bond acceptors (Lipinski definition) is 5. The number of hydrogen-bond donors (Lipinski definition) is 1. The van der Waals surface area contributed by atoms with Crippen LogP contribution < -0.4 is 5.32 Å². The second-order valence-electron chi connectivity index (χ2n) is 7.86. The Balaban J connectivity index is 1.88. The molecule has 1 heterocycles. The molecule has 9 heteroatoms. The Bertz CT molecular complexity index is 739. The first-order valence-electron chi connectivity index (χ1n) is 10.7. The molecular weight excluding hydrogens is 436 g/mol. The van der Waals surface area contributed by atoms with Crippen molar-refractivity contribution in [3.8, 4) is 0 Å². The second kappa shape index (κ2) is 12.9. The van der Waals surface area contributed by atoms with E-state index in [2.05, 4.69) is 10.2 Å². The summed E-state index contributed by atoms with van der Waals surface area (Å²) in [4.78, 5) is 42.5. The fraction of sp³-hybridized carbons (Fsp3) is 0.591. The van der Waals surface area contributed by atoms with E-state index >= 15 is 0 Å². The standard InChI is InChI=1S/C22H33ClN4O3S/c1-17(21(29)26-13-11-25(3)12-14-26)24-22(30)27(15-16-31-18(2)28)10-4-5-19-6-8-20(23)9-7-19/h6-9,17H,4-5,10-16H2,1-3H3,(H,24,30)/t17-/m0/s1.